The van der Waals surface area contributed by atoms with Crippen LogP contribution in [0.15, 0.2) is 54.6 Å². The quantitative estimate of drug-likeness (QED) is 0.918. The average Bonchev–Trinajstić information content (AvgIpc) is 2.41. The van der Waals surface area contributed by atoms with Crippen molar-refractivity contribution in [2.75, 3.05) is 7.05 Å². The van der Waals surface area contributed by atoms with E-state index in [0.29, 0.717) is 5.56 Å². The molecule has 1 atom stereocenters. The molecule has 106 valence electrons. The highest BCUT2D eigenvalue weighted by atomic mass is 19.4. The third kappa shape index (κ3) is 3.51. The van der Waals surface area contributed by atoms with Gasteiger partial charge in [0.05, 0.1) is 6.04 Å². The first-order valence-electron chi connectivity index (χ1n) is 6.08. The Labute approximate surface area is 115 Å². The van der Waals surface area contributed by atoms with E-state index >= 15 is 0 Å². The maximum absolute atomic E-state index is 12.4. The molecular weight excluding hydrogens is 267 g/mol. The molecule has 2 rings (SSSR count). The summed E-state index contributed by atoms with van der Waals surface area (Å²) in [7, 11) is 1.70. The highest BCUT2D eigenvalue weighted by molar-refractivity contribution is 5.41. The van der Waals surface area contributed by atoms with Gasteiger partial charge >= 0.3 is 6.36 Å². The standard InChI is InChI=1S/C15H14F3NO/c1-19-14(11-7-3-2-4-8-11)12-9-5-6-10-13(12)20-15(16,17)18/h2-10,14,19H,1H3. The van der Waals surface area contributed by atoms with Crippen molar-refractivity contribution in [1.82, 2.24) is 5.32 Å². The molecule has 0 amide bonds. The van der Waals surface area contributed by atoms with Gasteiger partial charge in [-0.2, -0.15) is 0 Å². The molecule has 0 aliphatic carbocycles. The number of alkyl halides is 3. The topological polar surface area (TPSA) is 21.3 Å². The first kappa shape index (κ1) is 14.4. The Morgan fingerprint density at radius 3 is 2.15 bits per heavy atom. The van der Waals surface area contributed by atoms with Gasteiger partial charge in [-0.1, -0.05) is 48.5 Å². The van der Waals surface area contributed by atoms with E-state index in [4.69, 9.17) is 0 Å². The summed E-state index contributed by atoms with van der Waals surface area (Å²) in [4.78, 5) is 0. The summed E-state index contributed by atoms with van der Waals surface area (Å²) in [5.74, 6) is -0.191. The molecule has 0 aliphatic rings. The highest BCUT2D eigenvalue weighted by Crippen LogP contribution is 2.33. The van der Waals surface area contributed by atoms with Gasteiger partial charge in [-0.05, 0) is 18.7 Å². The van der Waals surface area contributed by atoms with E-state index in [1.807, 2.05) is 30.3 Å². The molecule has 0 saturated carbocycles. The normalized spacial score (nSPS) is 13.0. The van der Waals surface area contributed by atoms with Gasteiger partial charge in [0.25, 0.3) is 0 Å². The smallest absolute Gasteiger partial charge is 0.405 e. The van der Waals surface area contributed by atoms with E-state index in [0.717, 1.165) is 5.56 Å². The van der Waals surface area contributed by atoms with Crippen molar-refractivity contribution in [1.29, 1.82) is 0 Å². The molecule has 0 aliphatic heterocycles. The lowest BCUT2D eigenvalue weighted by atomic mass is 9.98. The first-order valence-corrected chi connectivity index (χ1v) is 6.08. The van der Waals surface area contributed by atoms with Crippen LogP contribution in [0.5, 0.6) is 5.75 Å². The van der Waals surface area contributed by atoms with E-state index < -0.39 is 6.36 Å². The number of halogens is 3. The zero-order valence-corrected chi connectivity index (χ0v) is 10.8. The van der Waals surface area contributed by atoms with Crippen molar-refractivity contribution in [3.63, 3.8) is 0 Å². The Hall–Kier alpha value is -2.01. The zero-order valence-electron chi connectivity index (χ0n) is 10.8. The van der Waals surface area contributed by atoms with Crippen molar-refractivity contribution >= 4 is 0 Å². The molecule has 0 radical (unpaired) electrons. The fourth-order valence-electron chi connectivity index (χ4n) is 2.08. The molecule has 0 fully saturated rings. The SMILES string of the molecule is CNC(c1ccccc1)c1ccccc1OC(F)(F)F. The molecule has 1 unspecified atom stereocenters. The summed E-state index contributed by atoms with van der Waals surface area (Å²) in [5.41, 5.74) is 1.31. The van der Waals surface area contributed by atoms with Crippen molar-refractivity contribution < 1.29 is 17.9 Å². The second-order valence-corrected chi connectivity index (χ2v) is 4.22. The summed E-state index contributed by atoms with van der Waals surface area (Å²) in [6.45, 7) is 0. The molecule has 0 saturated heterocycles. The van der Waals surface area contributed by atoms with Crippen LogP contribution in [0.1, 0.15) is 17.2 Å². The molecule has 20 heavy (non-hydrogen) atoms. The monoisotopic (exact) mass is 281 g/mol. The van der Waals surface area contributed by atoms with Crippen LogP contribution < -0.4 is 10.1 Å². The average molecular weight is 281 g/mol. The highest BCUT2D eigenvalue weighted by Gasteiger charge is 2.32. The lowest BCUT2D eigenvalue weighted by Gasteiger charge is -2.21. The Morgan fingerprint density at radius 2 is 1.55 bits per heavy atom. The number of hydrogen-bond acceptors (Lipinski definition) is 2. The number of rotatable bonds is 4. The molecule has 0 aromatic heterocycles. The number of hydrogen-bond donors (Lipinski definition) is 1. The molecule has 2 aromatic rings. The molecule has 0 spiro atoms. The Bertz CT molecular complexity index is 555. The van der Waals surface area contributed by atoms with Gasteiger partial charge in [-0.25, -0.2) is 0 Å². The van der Waals surface area contributed by atoms with Crippen molar-refractivity contribution in [3.05, 3.63) is 65.7 Å². The predicted octanol–water partition coefficient (Wildman–Crippen LogP) is 3.89. The summed E-state index contributed by atoms with van der Waals surface area (Å²) < 4.78 is 41.4. The molecule has 1 N–H and O–H groups in total. The molecule has 2 nitrogen and oxygen atoms in total. The lowest BCUT2D eigenvalue weighted by molar-refractivity contribution is -0.275. The molecule has 2 aromatic carbocycles. The van der Waals surface area contributed by atoms with E-state index in [1.54, 1.807) is 19.2 Å². The summed E-state index contributed by atoms with van der Waals surface area (Å²) >= 11 is 0. The van der Waals surface area contributed by atoms with Gasteiger partial charge in [0, 0.05) is 5.56 Å². The predicted molar refractivity (Wildman–Crippen MR) is 70.5 cm³/mol. The Kier molecular flexibility index (Phi) is 4.29. The first-order chi connectivity index (χ1) is 9.51. The number of benzene rings is 2. The van der Waals surface area contributed by atoms with Crippen LogP contribution in [0.25, 0.3) is 0 Å². The van der Waals surface area contributed by atoms with E-state index in [2.05, 4.69) is 10.1 Å². The van der Waals surface area contributed by atoms with Crippen LogP contribution in [0.4, 0.5) is 13.2 Å². The Morgan fingerprint density at radius 1 is 0.950 bits per heavy atom. The third-order valence-corrected chi connectivity index (χ3v) is 2.88. The number of para-hydroxylation sites is 1. The second-order valence-electron chi connectivity index (χ2n) is 4.22. The minimum Gasteiger partial charge on any atom is -0.405 e. The van der Waals surface area contributed by atoms with Gasteiger partial charge in [0.2, 0.25) is 0 Å². The van der Waals surface area contributed by atoms with Crippen LogP contribution in [0.3, 0.4) is 0 Å². The number of ether oxygens (including phenoxy) is 1. The fraction of sp³-hybridized carbons (Fsp3) is 0.200. The third-order valence-electron chi connectivity index (χ3n) is 2.88. The van der Waals surface area contributed by atoms with Gasteiger partial charge < -0.3 is 10.1 Å². The lowest BCUT2D eigenvalue weighted by Crippen LogP contribution is -2.22. The largest absolute Gasteiger partial charge is 0.573 e. The van der Waals surface area contributed by atoms with Crippen LogP contribution in [-0.4, -0.2) is 13.4 Å². The van der Waals surface area contributed by atoms with Crippen molar-refractivity contribution in [3.8, 4) is 5.75 Å². The number of nitrogens with one attached hydrogen (secondary N) is 1. The zero-order chi connectivity index (χ0) is 14.6. The maximum Gasteiger partial charge on any atom is 0.573 e. The van der Waals surface area contributed by atoms with Gasteiger partial charge in [-0.3, -0.25) is 0 Å². The minimum absolute atomic E-state index is 0.191. The van der Waals surface area contributed by atoms with Crippen LogP contribution in [-0.2, 0) is 0 Å². The van der Waals surface area contributed by atoms with Gasteiger partial charge in [0.15, 0.2) is 0 Å². The minimum atomic E-state index is -4.70. The van der Waals surface area contributed by atoms with Gasteiger partial charge in [-0.15, -0.1) is 13.2 Å². The maximum atomic E-state index is 12.4. The summed E-state index contributed by atoms with van der Waals surface area (Å²) in [6.07, 6.45) is -4.70. The summed E-state index contributed by atoms with van der Waals surface area (Å²) in [6, 6.07) is 15.0. The molecule has 0 bridgehead atoms. The van der Waals surface area contributed by atoms with Crippen LogP contribution in [0, 0.1) is 0 Å². The van der Waals surface area contributed by atoms with Crippen molar-refractivity contribution in [2.24, 2.45) is 0 Å². The molecular formula is C15H14F3NO. The van der Waals surface area contributed by atoms with E-state index in [1.165, 1.54) is 12.1 Å². The van der Waals surface area contributed by atoms with Crippen LogP contribution >= 0.6 is 0 Å². The molecule has 5 heteroatoms. The Balaban J connectivity index is 2.40. The fourth-order valence-corrected chi connectivity index (χ4v) is 2.08. The van der Waals surface area contributed by atoms with Crippen LogP contribution in [0.2, 0.25) is 0 Å². The van der Waals surface area contributed by atoms with Gasteiger partial charge in [0.1, 0.15) is 5.75 Å². The van der Waals surface area contributed by atoms with E-state index in [9.17, 15) is 13.2 Å². The molecule has 0 heterocycles. The van der Waals surface area contributed by atoms with Crippen molar-refractivity contribution in [2.45, 2.75) is 12.4 Å². The second kappa shape index (κ2) is 5.96. The summed E-state index contributed by atoms with van der Waals surface area (Å²) in [5, 5.41) is 3.01. The van der Waals surface area contributed by atoms with E-state index in [-0.39, 0.29) is 11.8 Å².